The van der Waals surface area contributed by atoms with Gasteiger partial charge in [0.2, 0.25) is 0 Å². The normalized spacial score (nSPS) is 21.6. The molecule has 6 heteroatoms. The van der Waals surface area contributed by atoms with E-state index in [1.807, 2.05) is 6.07 Å². The highest BCUT2D eigenvalue weighted by Crippen LogP contribution is 2.13. The quantitative estimate of drug-likeness (QED) is 0.814. The number of nitrogens with one attached hydrogen (secondary N) is 1. The zero-order valence-corrected chi connectivity index (χ0v) is 9.11. The summed E-state index contributed by atoms with van der Waals surface area (Å²) < 4.78 is 22.3. The van der Waals surface area contributed by atoms with Crippen LogP contribution in [-0.4, -0.2) is 25.2 Å². The average molecular weight is 235 g/mol. The topological polar surface area (TPSA) is 82.9 Å². The summed E-state index contributed by atoms with van der Waals surface area (Å²) in [5.41, 5.74) is 0.301. The lowest BCUT2D eigenvalue weighted by molar-refractivity contribution is 0.605. The molecule has 0 saturated carbocycles. The highest BCUT2D eigenvalue weighted by atomic mass is 32.2. The van der Waals surface area contributed by atoms with Crippen molar-refractivity contribution in [3.8, 4) is 6.07 Å². The molecule has 1 aliphatic heterocycles. The molecule has 0 aromatic carbocycles. The van der Waals surface area contributed by atoms with Gasteiger partial charge < -0.3 is 5.32 Å². The maximum Gasteiger partial charge on any atom is 0.173 e. The molecule has 1 aliphatic rings. The van der Waals surface area contributed by atoms with Crippen LogP contribution < -0.4 is 5.32 Å². The van der Waals surface area contributed by atoms with Crippen molar-refractivity contribution in [3.63, 3.8) is 0 Å². The molecule has 2 rings (SSSR count). The van der Waals surface area contributed by atoms with E-state index in [1.54, 1.807) is 24.3 Å². The lowest BCUT2D eigenvalue weighted by Crippen LogP contribution is -2.21. The van der Waals surface area contributed by atoms with Gasteiger partial charge in [-0.2, -0.15) is 5.26 Å². The Kier molecular flexibility index (Phi) is 2.62. The van der Waals surface area contributed by atoms with E-state index in [0.717, 1.165) is 0 Å². The second-order valence-electron chi connectivity index (χ2n) is 3.43. The fourth-order valence-electron chi connectivity index (χ4n) is 1.43. The Labute approximate surface area is 93.3 Å². The SMILES string of the molecule is N#Cc1cccc(NC2C=CS(=O)(=O)C2)n1. The van der Waals surface area contributed by atoms with Crippen LogP contribution in [0.2, 0.25) is 0 Å². The smallest absolute Gasteiger partial charge is 0.173 e. The van der Waals surface area contributed by atoms with E-state index >= 15 is 0 Å². The number of sulfone groups is 1. The van der Waals surface area contributed by atoms with Crippen molar-refractivity contribution >= 4 is 15.7 Å². The fraction of sp³-hybridized carbons (Fsp3) is 0.200. The third-order valence-corrected chi connectivity index (χ3v) is 3.52. The van der Waals surface area contributed by atoms with Crippen LogP contribution in [0.15, 0.2) is 29.7 Å². The Morgan fingerprint density at radius 3 is 2.94 bits per heavy atom. The molecule has 0 aliphatic carbocycles. The van der Waals surface area contributed by atoms with Crippen LogP contribution >= 0.6 is 0 Å². The van der Waals surface area contributed by atoms with Crippen molar-refractivity contribution in [2.45, 2.75) is 6.04 Å². The van der Waals surface area contributed by atoms with E-state index in [9.17, 15) is 8.42 Å². The predicted molar refractivity (Wildman–Crippen MR) is 59.3 cm³/mol. The molecule has 0 amide bonds. The molecule has 0 fully saturated rings. The van der Waals surface area contributed by atoms with Gasteiger partial charge in [0.1, 0.15) is 17.6 Å². The number of rotatable bonds is 2. The molecule has 16 heavy (non-hydrogen) atoms. The van der Waals surface area contributed by atoms with Crippen molar-refractivity contribution in [1.82, 2.24) is 4.98 Å². The Morgan fingerprint density at radius 2 is 2.31 bits per heavy atom. The van der Waals surface area contributed by atoms with Crippen molar-refractivity contribution in [3.05, 3.63) is 35.4 Å². The molecule has 1 unspecified atom stereocenters. The Morgan fingerprint density at radius 1 is 1.50 bits per heavy atom. The Bertz CT molecular complexity index is 572. The van der Waals surface area contributed by atoms with Crippen LogP contribution in [0.4, 0.5) is 5.82 Å². The Hall–Kier alpha value is -1.87. The molecule has 1 atom stereocenters. The van der Waals surface area contributed by atoms with Crippen LogP contribution in [0, 0.1) is 11.3 Å². The zero-order valence-electron chi connectivity index (χ0n) is 8.29. The van der Waals surface area contributed by atoms with Gasteiger partial charge in [0.15, 0.2) is 9.84 Å². The van der Waals surface area contributed by atoms with Crippen LogP contribution in [0.1, 0.15) is 5.69 Å². The molecule has 0 spiro atoms. The number of nitriles is 1. The molecule has 5 nitrogen and oxygen atoms in total. The number of pyridine rings is 1. The molecule has 1 aromatic rings. The summed E-state index contributed by atoms with van der Waals surface area (Å²) in [6.45, 7) is 0. The van der Waals surface area contributed by atoms with Gasteiger partial charge in [-0.05, 0) is 18.2 Å². The summed E-state index contributed by atoms with van der Waals surface area (Å²) in [5.74, 6) is 0.539. The van der Waals surface area contributed by atoms with Gasteiger partial charge in [0, 0.05) is 5.41 Å². The van der Waals surface area contributed by atoms with Crippen molar-refractivity contribution in [2.75, 3.05) is 11.1 Å². The van der Waals surface area contributed by atoms with Gasteiger partial charge in [-0.25, -0.2) is 13.4 Å². The van der Waals surface area contributed by atoms with E-state index in [1.165, 1.54) is 5.41 Å². The number of hydrogen-bond acceptors (Lipinski definition) is 5. The second kappa shape index (κ2) is 3.94. The zero-order chi connectivity index (χ0) is 11.6. The van der Waals surface area contributed by atoms with Crippen LogP contribution in [0.3, 0.4) is 0 Å². The maximum absolute atomic E-state index is 11.2. The predicted octanol–water partition coefficient (Wildman–Crippen LogP) is 0.676. The van der Waals surface area contributed by atoms with E-state index in [-0.39, 0.29) is 11.8 Å². The van der Waals surface area contributed by atoms with E-state index in [0.29, 0.717) is 11.5 Å². The van der Waals surface area contributed by atoms with E-state index in [2.05, 4.69) is 10.3 Å². The van der Waals surface area contributed by atoms with Gasteiger partial charge in [-0.3, -0.25) is 0 Å². The first-order valence-corrected chi connectivity index (χ1v) is 6.35. The molecule has 0 radical (unpaired) electrons. The first-order valence-electron chi connectivity index (χ1n) is 4.64. The van der Waals surface area contributed by atoms with Gasteiger partial charge in [0.05, 0.1) is 11.8 Å². The van der Waals surface area contributed by atoms with Gasteiger partial charge >= 0.3 is 0 Å². The molecular weight excluding hydrogens is 226 g/mol. The van der Waals surface area contributed by atoms with Gasteiger partial charge in [0.25, 0.3) is 0 Å². The number of hydrogen-bond donors (Lipinski definition) is 1. The molecule has 82 valence electrons. The lowest BCUT2D eigenvalue weighted by Gasteiger charge is -2.10. The first-order chi connectivity index (χ1) is 7.59. The minimum Gasteiger partial charge on any atom is -0.363 e. The standard InChI is InChI=1S/C10H9N3O2S/c11-6-8-2-1-3-10(12-8)13-9-4-5-16(14,15)7-9/h1-5,9H,7H2,(H,12,13). The molecule has 0 bridgehead atoms. The largest absolute Gasteiger partial charge is 0.363 e. The Balaban J connectivity index is 2.12. The summed E-state index contributed by atoms with van der Waals surface area (Å²) >= 11 is 0. The summed E-state index contributed by atoms with van der Waals surface area (Å²) in [4.78, 5) is 4.00. The monoisotopic (exact) mass is 235 g/mol. The number of anilines is 1. The van der Waals surface area contributed by atoms with Crippen LogP contribution in [-0.2, 0) is 9.84 Å². The van der Waals surface area contributed by atoms with Crippen LogP contribution in [0.25, 0.3) is 0 Å². The minimum absolute atomic E-state index is 0.0332. The molecule has 2 heterocycles. The average Bonchev–Trinajstić information content (AvgIpc) is 2.58. The third kappa shape index (κ3) is 2.38. The molecule has 0 saturated heterocycles. The fourth-order valence-corrected chi connectivity index (χ4v) is 2.67. The summed E-state index contributed by atoms with van der Waals surface area (Å²) in [6.07, 6.45) is 1.58. The highest BCUT2D eigenvalue weighted by Gasteiger charge is 2.21. The second-order valence-corrected chi connectivity index (χ2v) is 5.36. The van der Waals surface area contributed by atoms with Crippen molar-refractivity contribution in [2.24, 2.45) is 0 Å². The van der Waals surface area contributed by atoms with Gasteiger partial charge in [-0.15, -0.1) is 0 Å². The summed E-state index contributed by atoms with van der Waals surface area (Å²) in [6, 6.07) is 6.63. The van der Waals surface area contributed by atoms with Gasteiger partial charge in [-0.1, -0.05) is 6.07 Å². The van der Waals surface area contributed by atoms with Crippen molar-refractivity contribution in [1.29, 1.82) is 5.26 Å². The lowest BCUT2D eigenvalue weighted by atomic mass is 10.3. The third-order valence-electron chi connectivity index (χ3n) is 2.13. The highest BCUT2D eigenvalue weighted by molar-refractivity contribution is 7.94. The number of aromatic nitrogens is 1. The van der Waals surface area contributed by atoms with Crippen molar-refractivity contribution < 1.29 is 8.42 Å². The molecule has 1 aromatic heterocycles. The van der Waals surface area contributed by atoms with E-state index < -0.39 is 9.84 Å². The van der Waals surface area contributed by atoms with Crippen LogP contribution in [0.5, 0.6) is 0 Å². The molecular formula is C10H9N3O2S. The minimum atomic E-state index is -3.07. The number of nitrogens with zero attached hydrogens (tertiary/aromatic N) is 2. The van der Waals surface area contributed by atoms with E-state index in [4.69, 9.17) is 5.26 Å². The molecule has 1 N–H and O–H groups in total. The summed E-state index contributed by atoms with van der Waals surface area (Å²) in [7, 11) is -3.07. The summed E-state index contributed by atoms with van der Waals surface area (Å²) in [5, 5.41) is 12.8. The maximum atomic E-state index is 11.2. The first kappa shape index (κ1) is 10.6.